The summed E-state index contributed by atoms with van der Waals surface area (Å²) in [6.07, 6.45) is 0. The van der Waals surface area contributed by atoms with Gasteiger partial charge >= 0.3 is 0 Å². The lowest BCUT2D eigenvalue weighted by Crippen LogP contribution is -1.97. The van der Waals surface area contributed by atoms with E-state index in [9.17, 15) is 4.21 Å². The first kappa shape index (κ1) is 16.3. The fourth-order valence-electron chi connectivity index (χ4n) is 2.85. The first-order chi connectivity index (χ1) is 9.79. The van der Waals surface area contributed by atoms with Crippen LogP contribution < -0.4 is 0 Å². The molecule has 112 valence electrons. The van der Waals surface area contributed by atoms with Gasteiger partial charge in [0.15, 0.2) is 0 Å². The fourth-order valence-corrected chi connectivity index (χ4v) is 6.39. The average Bonchev–Trinajstić information content (AvgIpc) is 2.32. The van der Waals surface area contributed by atoms with Crippen molar-refractivity contribution in [2.45, 2.75) is 51.3 Å². The number of hydrogen-bond acceptors (Lipinski definition) is 2. The first-order valence-electron chi connectivity index (χ1n) is 7.05. The number of aryl methyl sites for hydroxylation is 6. The normalized spacial score (nSPS) is 12.5. The molecule has 0 bridgehead atoms. The molecule has 0 amide bonds. The minimum absolute atomic E-state index is 0.963. The maximum atomic E-state index is 12.8. The van der Waals surface area contributed by atoms with Crippen LogP contribution in [0.3, 0.4) is 0 Å². The van der Waals surface area contributed by atoms with Crippen LogP contribution in [0.4, 0.5) is 0 Å². The van der Waals surface area contributed by atoms with Crippen molar-refractivity contribution in [2.24, 2.45) is 0 Å². The summed E-state index contributed by atoms with van der Waals surface area (Å²) < 4.78 is 12.8. The van der Waals surface area contributed by atoms with Crippen molar-refractivity contribution in [3.05, 3.63) is 57.6 Å². The summed E-state index contributed by atoms with van der Waals surface area (Å²) in [5.41, 5.74) is 7.10. The van der Waals surface area contributed by atoms with Crippen LogP contribution in [0.2, 0.25) is 0 Å². The second-order valence-corrected chi connectivity index (χ2v) is 8.63. The molecule has 0 spiro atoms. The van der Waals surface area contributed by atoms with Gasteiger partial charge in [-0.05, 0) is 74.6 Å². The van der Waals surface area contributed by atoms with Gasteiger partial charge in [0.2, 0.25) is 0 Å². The van der Waals surface area contributed by atoms with Crippen LogP contribution >= 0.6 is 10.8 Å². The highest BCUT2D eigenvalue weighted by Crippen LogP contribution is 2.35. The first-order valence-corrected chi connectivity index (χ1v) is 9.53. The van der Waals surface area contributed by atoms with Crippen molar-refractivity contribution in [1.82, 2.24) is 0 Å². The Balaban J connectivity index is 2.40. The Labute approximate surface area is 134 Å². The second kappa shape index (κ2) is 6.37. The van der Waals surface area contributed by atoms with Crippen LogP contribution in [0.5, 0.6) is 0 Å². The fraction of sp³-hybridized carbons (Fsp3) is 0.333. The van der Waals surface area contributed by atoms with E-state index < -0.39 is 9.83 Å². The zero-order valence-corrected chi connectivity index (χ0v) is 15.2. The van der Waals surface area contributed by atoms with Crippen LogP contribution in [0, 0.1) is 41.5 Å². The van der Waals surface area contributed by atoms with Crippen molar-refractivity contribution in [1.29, 1.82) is 0 Å². The van der Waals surface area contributed by atoms with Crippen molar-refractivity contribution in [3.8, 4) is 0 Å². The molecule has 21 heavy (non-hydrogen) atoms. The Morgan fingerprint density at radius 3 is 1.52 bits per heavy atom. The Morgan fingerprint density at radius 2 is 1.10 bits per heavy atom. The molecule has 0 aromatic heterocycles. The van der Waals surface area contributed by atoms with Gasteiger partial charge in [-0.1, -0.05) is 35.4 Å². The topological polar surface area (TPSA) is 17.1 Å². The minimum atomic E-state index is -1.08. The van der Waals surface area contributed by atoms with Crippen molar-refractivity contribution in [2.75, 3.05) is 0 Å². The lowest BCUT2D eigenvalue weighted by molar-refractivity contribution is 0.690. The summed E-state index contributed by atoms with van der Waals surface area (Å²) in [5, 5.41) is 0. The molecule has 1 nitrogen and oxygen atoms in total. The molecule has 0 saturated heterocycles. The van der Waals surface area contributed by atoms with E-state index >= 15 is 0 Å². The van der Waals surface area contributed by atoms with E-state index in [1.54, 1.807) is 0 Å². The van der Waals surface area contributed by atoms with Gasteiger partial charge in [-0.2, -0.15) is 0 Å². The Bertz CT molecular complexity index is 671. The van der Waals surface area contributed by atoms with E-state index in [2.05, 4.69) is 52.0 Å². The molecule has 0 heterocycles. The summed E-state index contributed by atoms with van der Waals surface area (Å²) in [6.45, 7) is 12.4. The number of benzene rings is 2. The molecule has 1 atom stereocenters. The van der Waals surface area contributed by atoms with Crippen molar-refractivity contribution < 1.29 is 4.21 Å². The van der Waals surface area contributed by atoms with E-state index in [0.29, 0.717) is 0 Å². The molecule has 0 saturated carbocycles. The van der Waals surface area contributed by atoms with Crippen molar-refractivity contribution >= 4 is 20.6 Å². The smallest absolute Gasteiger partial charge is 0.118 e. The molecule has 0 unspecified atom stereocenters. The van der Waals surface area contributed by atoms with Gasteiger partial charge in [-0.3, -0.25) is 0 Å². The Hall–Kier alpha value is -1.06. The molecule has 2 rings (SSSR count). The van der Waals surface area contributed by atoms with E-state index in [4.69, 9.17) is 0 Å². The van der Waals surface area contributed by atoms with Gasteiger partial charge in [0, 0.05) is 4.90 Å². The highest BCUT2D eigenvalue weighted by atomic mass is 33.1. The SMILES string of the molecule is Cc1cc(C)c(S[S@@](=O)c2c(C)cc(C)cc2C)c(C)c1. The van der Waals surface area contributed by atoms with Crippen LogP contribution in [0.25, 0.3) is 0 Å². The molecule has 2 aromatic carbocycles. The second-order valence-electron chi connectivity index (χ2n) is 5.77. The van der Waals surface area contributed by atoms with Gasteiger partial charge in [-0.15, -0.1) is 0 Å². The predicted molar refractivity (Wildman–Crippen MR) is 93.6 cm³/mol. The maximum Gasteiger partial charge on any atom is 0.118 e. The largest absolute Gasteiger partial charge is 0.242 e. The zero-order valence-electron chi connectivity index (χ0n) is 13.5. The third-order valence-electron chi connectivity index (χ3n) is 3.54. The molecule has 0 N–H and O–H groups in total. The molecule has 0 radical (unpaired) electrons. The molecule has 3 heteroatoms. The molecular weight excluding hydrogens is 296 g/mol. The third kappa shape index (κ3) is 3.58. The van der Waals surface area contributed by atoms with E-state index in [1.165, 1.54) is 33.0 Å². The van der Waals surface area contributed by atoms with Gasteiger partial charge in [0.25, 0.3) is 0 Å². The zero-order chi connectivity index (χ0) is 15.7. The molecule has 0 aliphatic heterocycles. The monoisotopic (exact) mass is 318 g/mol. The lowest BCUT2D eigenvalue weighted by atomic mass is 10.1. The third-order valence-corrected chi connectivity index (χ3v) is 6.93. The van der Waals surface area contributed by atoms with Crippen molar-refractivity contribution in [3.63, 3.8) is 0 Å². The molecule has 0 fully saturated rings. The van der Waals surface area contributed by atoms with Gasteiger partial charge in [-0.25, -0.2) is 4.21 Å². The van der Waals surface area contributed by atoms with E-state index in [-0.39, 0.29) is 0 Å². The lowest BCUT2D eigenvalue weighted by Gasteiger charge is -2.13. The van der Waals surface area contributed by atoms with Gasteiger partial charge < -0.3 is 0 Å². The van der Waals surface area contributed by atoms with Gasteiger partial charge in [0.1, 0.15) is 9.83 Å². The van der Waals surface area contributed by atoms with Crippen LogP contribution in [-0.4, -0.2) is 4.21 Å². The molecule has 2 aromatic rings. The highest BCUT2D eigenvalue weighted by molar-refractivity contribution is 8.69. The Kier molecular flexibility index (Phi) is 4.95. The summed E-state index contributed by atoms with van der Waals surface area (Å²) >= 11 is 0. The van der Waals surface area contributed by atoms with Crippen LogP contribution in [0.15, 0.2) is 34.1 Å². The van der Waals surface area contributed by atoms with E-state index in [1.807, 2.05) is 13.8 Å². The van der Waals surface area contributed by atoms with E-state index in [0.717, 1.165) is 20.9 Å². The molecular formula is C18H22OS2. The number of rotatable bonds is 3. The standard InChI is InChI=1S/C18H22OS2/c1-11-7-13(3)17(14(4)8-11)20-21(19)18-15(5)9-12(2)10-16(18)6/h7-10H,1-6H3/t21-/m1/s1. The maximum absolute atomic E-state index is 12.8. The van der Waals surface area contributed by atoms with Crippen LogP contribution in [-0.2, 0) is 9.83 Å². The van der Waals surface area contributed by atoms with Gasteiger partial charge in [0.05, 0.1) is 4.90 Å². The quantitative estimate of drug-likeness (QED) is 0.709. The average molecular weight is 319 g/mol. The van der Waals surface area contributed by atoms with Crippen LogP contribution in [0.1, 0.15) is 33.4 Å². The summed E-state index contributed by atoms with van der Waals surface area (Å²) in [6, 6.07) is 8.52. The number of hydrogen-bond donors (Lipinski definition) is 0. The Morgan fingerprint density at radius 1 is 0.714 bits per heavy atom. The molecule has 0 aliphatic carbocycles. The summed E-state index contributed by atoms with van der Waals surface area (Å²) in [5.74, 6) is 0. The summed E-state index contributed by atoms with van der Waals surface area (Å²) in [4.78, 5) is 2.10. The predicted octanol–water partition coefficient (Wildman–Crippen LogP) is 5.35. The summed E-state index contributed by atoms with van der Waals surface area (Å²) in [7, 11) is 0.389. The minimum Gasteiger partial charge on any atom is -0.242 e. The highest BCUT2D eigenvalue weighted by Gasteiger charge is 2.15. The molecule has 0 aliphatic rings.